The van der Waals surface area contributed by atoms with Crippen molar-refractivity contribution in [2.75, 3.05) is 40.5 Å². The third-order valence-electron chi connectivity index (χ3n) is 10.0. The number of carbonyl (C=O) groups excluding carboxylic acids is 4. The van der Waals surface area contributed by atoms with E-state index in [-0.39, 0.29) is 42.2 Å². The molecule has 1 aromatic carbocycles. The first-order valence-corrected chi connectivity index (χ1v) is 19.6. The van der Waals surface area contributed by atoms with Gasteiger partial charge in [-0.3, -0.25) is 9.59 Å². The highest BCUT2D eigenvalue weighted by Gasteiger charge is 2.37. The Bertz CT molecular complexity index is 1750. The molecule has 2 saturated heterocycles. The number of ether oxygens (including phenoxy) is 4. The minimum Gasteiger partial charge on any atom is -0.453 e. The average molecular weight is 779 g/mol. The molecule has 306 valence electrons. The van der Waals surface area contributed by atoms with Crippen LogP contribution >= 0.6 is 0 Å². The van der Waals surface area contributed by atoms with Crippen LogP contribution in [-0.2, 0) is 35.1 Å². The number of H-pyrrole nitrogens is 2. The van der Waals surface area contributed by atoms with Gasteiger partial charge in [-0.25, -0.2) is 19.6 Å². The summed E-state index contributed by atoms with van der Waals surface area (Å²) in [6, 6.07) is 6.32. The summed E-state index contributed by atoms with van der Waals surface area (Å²) in [5.41, 5.74) is 3.49. The number of aromatic amines is 2. The summed E-state index contributed by atoms with van der Waals surface area (Å²) >= 11 is 0. The fourth-order valence-electron chi connectivity index (χ4n) is 7.26. The molecule has 2 aliphatic rings. The fourth-order valence-corrected chi connectivity index (χ4v) is 7.26. The zero-order chi connectivity index (χ0) is 40.4. The highest BCUT2D eigenvalue weighted by atomic mass is 16.7. The molecule has 2 aromatic heterocycles. The first-order chi connectivity index (χ1) is 26.9. The van der Waals surface area contributed by atoms with E-state index in [0.717, 1.165) is 41.8 Å². The molecular weight excluding hydrogens is 720 g/mol. The van der Waals surface area contributed by atoms with Crippen LogP contribution < -0.4 is 10.6 Å². The molecule has 4 heterocycles. The third-order valence-corrected chi connectivity index (χ3v) is 10.0. The fraction of sp³-hybridized carbons (Fsp3) is 0.600. The molecule has 3 aromatic rings. The molecule has 2 fully saturated rings. The molecular formula is C40H58N8O8. The highest BCUT2D eigenvalue weighted by Crippen LogP contribution is 2.34. The van der Waals surface area contributed by atoms with Gasteiger partial charge in [0.05, 0.1) is 51.9 Å². The second-order valence-corrected chi connectivity index (χ2v) is 15.4. The Morgan fingerprint density at radius 1 is 0.911 bits per heavy atom. The molecule has 16 nitrogen and oxygen atoms in total. The van der Waals surface area contributed by atoms with Crippen molar-refractivity contribution in [1.29, 1.82) is 0 Å². The summed E-state index contributed by atoms with van der Waals surface area (Å²) in [4.78, 5) is 70.6. The van der Waals surface area contributed by atoms with Crippen LogP contribution in [0.2, 0.25) is 0 Å². The molecule has 0 spiro atoms. The maximum atomic E-state index is 13.6. The van der Waals surface area contributed by atoms with Gasteiger partial charge in [-0.15, -0.1) is 0 Å². The number of likely N-dealkylation sites (tertiary alicyclic amines) is 1. The molecule has 0 bridgehead atoms. The first kappa shape index (κ1) is 42.2. The molecule has 2 aliphatic heterocycles. The quantitative estimate of drug-likeness (QED) is 0.143. The number of methoxy groups -OCH3 is 2. The maximum absolute atomic E-state index is 13.6. The lowest BCUT2D eigenvalue weighted by Crippen LogP contribution is -2.49. The lowest BCUT2D eigenvalue weighted by atomic mass is 10.0. The molecule has 5 rings (SSSR count). The van der Waals surface area contributed by atoms with E-state index < -0.39 is 30.6 Å². The van der Waals surface area contributed by atoms with Crippen molar-refractivity contribution >= 4 is 24.0 Å². The molecule has 56 heavy (non-hydrogen) atoms. The van der Waals surface area contributed by atoms with Crippen LogP contribution in [0.5, 0.6) is 0 Å². The average Bonchev–Trinajstić information content (AvgIpc) is 3.98. The van der Waals surface area contributed by atoms with E-state index in [1.54, 1.807) is 17.3 Å². The Morgan fingerprint density at radius 2 is 1.55 bits per heavy atom. The first-order valence-electron chi connectivity index (χ1n) is 19.6. The van der Waals surface area contributed by atoms with Crippen molar-refractivity contribution in [3.8, 4) is 11.3 Å². The number of alkyl carbamates (subject to hydrolysis) is 2. The summed E-state index contributed by atoms with van der Waals surface area (Å²) < 4.78 is 21.9. The Morgan fingerprint density at radius 3 is 2.18 bits per heavy atom. The number of hydrogen-bond acceptors (Lipinski definition) is 10. The number of nitrogens with one attached hydrogen (secondary N) is 4. The molecule has 0 saturated carbocycles. The van der Waals surface area contributed by atoms with E-state index in [1.807, 2.05) is 63.8 Å². The van der Waals surface area contributed by atoms with E-state index in [9.17, 15) is 19.2 Å². The highest BCUT2D eigenvalue weighted by molar-refractivity contribution is 5.86. The summed E-state index contributed by atoms with van der Waals surface area (Å²) in [7, 11) is 2.58. The Labute approximate surface area is 328 Å². The van der Waals surface area contributed by atoms with Crippen LogP contribution in [0.4, 0.5) is 9.59 Å². The van der Waals surface area contributed by atoms with Gasteiger partial charge in [0.1, 0.15) is 23.7 Å². The largest absolute Gasteiger partial charge is 0.453 e. The van der Waals surface area contributed by atoms with Gasteiger partial charge < -0.3 is 49.3 Å². The van der Waals surface area contributed by atoms with Gasteiger partial charge in [0.25, 0.3) is 0 Å². The summed E-state index contributed by atoms with van der Waals surface area (Å²) in [5.74, 6) is 1.36. The van der Waals surface area contributed by atoms with Crippen molar-refractivity contribution in [3.05, 3.63) is 59.6 Å². The van der Waals surface area contributed by atoms with Gasteiger partial charge in [-0.2, -0.15) is 0 Å². The van der Waals surface area contributed by atoms with Gasteiger partial charge in [0, 0.05) is 36.5 Å². The maximum Gasteiger partial charge on any atom is 0.407 e. The lowest BCUT2D eigenvalue weighted by molar-refractivity contribution is -0.192. The Kier molecular flexibility index (Phi) is 14.9. The number of nitrogens with zero attached hydrogens (tertiary/aromatic N) is 4. The van der Waals surface area contributed by atoms with Crippen molar-refractivity contribution in [2.45, 2.75) is 104 Å². The molecule has 4 amide bonds. The molecule has 0 radical (unpaired) electrons. The zero-order valence-electron chi connectivity index (χ0n) is 33.6. The molecule has 3 atom stereocenters. The molecule has 2 unspecified atom stereocenters. The predicted octanol–water partition coefficient (Wildman–Crippen LogP) is 5.57. The predicted molar refractivity (Wildman–Crippen MR) is 207 cm³/mol. The van der Waals surface area contributed by atoms with Gasteiger partial charge in [0.2, 0.25) is 11.8 Å². The van der Waals surface area contributed by atoms with Crippen LogP contribution in [0.15, 0.2) is 36.7 Å². The SMILES string of the molecule is CCCN(Cc1ncc(C2COC(c3ccc(-c4cnc([C@H]5CCCN5C(=O)C(CC(C)C)NC(=O)OC)[nH]4)cc3)OC2)[nH]1)C(=O)C(CC(C)C)NC(=O)OC. The Hall–Kier alpha value is -4.96. The lowest BCUT2D eigenvalue weighted by Gasteiger charge is -2.29. The van der Waals surface area contributed by atoms with E-state index in [4.69, 9.17) is 18.9 Å². The smallest absolute Gasteiger partial charge is 0.407 e. The zero-order valence-corrected chi connectivity index (χ0v) is 33.6. The van der Waals surface area contributed by atoms with Crippen LogP contribution in [0.25, 0.3) is 11.3 Å². The van der Waals surface area contributed by atoms with Crippen LogP contribution in [0.1, 0.15) is 108 Å². The Balaban J connectivity index is 1.16. The van der Waals surface area contributed by atoms with E-state index in [2.05, 4.69) is 30.6 Å². The van der Waals surface area contributed by atoms with E-state index in [0.29, 0.717) is 50.8 Å². The number of hydrogen-bond donors (Lipinski definition) is 4. The van der Waals surface area contributed by atoms with Crippen LogP contribution in [-0.4, -0.2) is 106 Å². The summed E-state index contributed by atoms with van der Waals surface area (Å²) in [5, 5.41) is 5.41. The van der Waals surface area contributed by atoms with Crippen molar-refractivity contribution < 1.29 is 38.1 Å². The van der Waals surface area contributed by atoms with Crippen molar-refractivity contribution in [1.82, 2.24) is 40.4 Å². The van der Waals surface area contributed by atoms with Crippen molar-refractivity contribution in [3.63, 3.8) is 0 Å². The van der Waals surface area contributed by atoms with E-state index >= 15 is 0 Å². The van der Waals surface area contributed by atoms with Gasteiger partial charge >= 0.3 is 12.2 Å². The minimum absolute atomic E-state index is 0.0703. The van der Waals surface area contributed by atoms with Gasteiger partial charge in [-0.1, -0.05) is 58.9 Å². The van der Waals surface area contributed by atoms with Gasteiger partial charge in [-0.05, 0) is 49.5 Å². The standard InChI is InChI=1S/C40H58N8O8/c1-8-15-47(36(49)29(17-24(2)3)45-39(51)53-6)21-34-41-19-32(43-34)28-22-55-38(56-23-28)27-13-11-26(12-14-27)31-20-42-35(44-31)33-10-9-16-48(33)37(50)30(18-25(4)5)46-40(52)54-7/h11-14,19-20,24-25,28-30,33,38H,8-10,15-18,21-23H2,1-7H3,(H,41,43)(H,42,44)(H,45,51)(H,46,52)/t28?,29?,30?,33-,38?/m1/s1. The normalized spacial score (nSPS) is 19.4. The third kappa shape index (κ3) is 10.9. The number of benzene rings is 1. The molecule has 4 N–H and O–H groups in total. The molecule has 16 heteroatoms. The van der Waals surface area contributed by atoms with E-state index in [1.165, 1.54) is 14.2 Å². The number of imidazole rings is 2. The summed E-state index contributed by atoms with van der Waals surface area (Å²) in [6.07, 6.45) is 5.11. The second kappa shape index (κ2) is 19.8. The molecule has 0 aliphatic carbocycles. The monoisotopic (exact) mass is 778 g/mol. The van der Waals surface area contributed by atoms with Crippen LogP contribution in [0, 0.1) is 11.8 Å². The van der Waals surface area contributed by atoms with Gasteiger partial charge in [0.15, 0.2) is 6.29 Å². The topological polar surface area (TPSA) is 193 Å². The van der Waals surface area contributed by atoms with Crippen LogP contribution in [0.3, 0.4) is 0 Å². The second-order valence-electron chi connectivity index (χ2n) is 15.4. The van der Waals surface area contributed by atoms with Crippen molar-refractivity contribution in [2.24, 2.45) is 11.8 Å². The number of carbonyl (C=O) groups is 4. The summed E-state index contributed by atoms with van der Waals surface area (Å²) in [6.45, 7) is 12.2. The number of rotatable bonds is 16. The number of aromatic nitrogens is 4. The minimum atomic E-state index is -0.696. The number of amides is 4.